The SMILES string of the molecule is CCOc1ccc(C(=O)NCC(=O)Nc2cccc(NC(=O)OCC(C)C)c2)cc1OCC. The fraction of sp³-hybridized carbons (Fsp3) is 0.375. The van der Waals surface area contributed by atoms with E-state index in [1.54, 1.807) is 42.5 Å². The third-order valence-electron chi connectivity index (χ3n) is 4.16. The summed E-state index contributed by atoms with van der Waals surface area (Å²) in [6.07, 6.45) is -0.568. The number of benzene rings is 2. The van der Waals surface area contributed by atoms with Gasteiger partial charge in [-0.15, -0.1) is 0 Å². The Bertz CT molecular complexity index is 961. The van der Waals surface area contributed by atoms with Crippen molar-refractivity contribution in [3.8, 4) is 11.5 Å². The minimum atomic E-state index is -0.568. The summed E-state index contributed by atoms with van der Waals surface area (Å²) >= 11 is 0. The smallest absolute Gasteiger partial charge is 0.411 e. The summed E-state index contributed by atoms with van der Waals surface area (Å²) in [5.74, 6) is 0.407. The van der Waals surface area contributed by atoms with Crippen molar-refractivity contribution >= 4 is 29.3 Å². The summed E-state index contributed by atoms with van der Waals surface area (Å²) < 4.78 is 16.1. The van der Waals surface area contributed by atoms with E-state index in [9.17, 15) is 14.4 Å². The Morgan fingerprint density at radius 3 is 2.21 bits per heavy atom. The molecule has 9 heteroatoms. The highest BCUT2D eigenvalue weighted by Crippen LogP contribution is 2.28. The Hall–Kier alpha value is -3.75. The largest absolute Gasteiger partial charge is 0.490 e. The Balaban J connectivity index is 1.90. The monoisotopic (exact) mass is 457 g/mol. The summed E-state index contributed by atoms with van der Waals surface area (Å²) in [6.45, 7) is 8.56. The zero-order valence-electron chi connectivity index (χ0n) is 19.4. The van der Waals surface area contributed by atoms with Crippen LogP contribution in [0.3, 0.4) is 0 Å². The van der Waals surface area contributed by atoms with E-state index in [1.807, 2.05) is 27.7 Å². The van der Waals surface area contributed by atoms with Gasteiger partial charge in [-0.1, -0.05) is 19.9 Å². The number of ether oxygens (including phenoxy) is 3. The molecule has 0 atom stereocenters. The predicted octanol–water partition coefficient (Wildman–Crippen LogP) is 4.06. The van der Waals surface area contributed by atoms with E-state index in [0.717, 1.165) is 0 Å². The van der Waals surface area contributed by atoms with Gasteiger partial charge in [0.25, 0.3) is 5.91 Å². The number of hydrogen-bond donors (Lipinski definition) is 3. The molecule has 0 fully saturated rings. The van der Waals surface area contributed by atoms with Gasteiger partial charge in [0.15, 0.2) is 11.5 Å². The molecule has 178 valence electrons. The quantitative estimate of drug-likeness (QED) is 0.469. The number of rotatable bonds is 11. The van der Waals surface area contributed by atoms with Crippen LogP contribution < -0.4 is 25.4 Å². The molecule has 0 bridgehead atoms. The molecular formula is C24H31N3O6. The molecule has 3 amide bonds. The van der Waals surface area contributed by atoms with Gasteiger partial charge in [0.05, 0.1) is 26.4 Å². The van der Waals surface area contributed by atoms with E-state index in [0.29, 0.717) is 48.3 Å². The van der Waals surface area contributed by atoms with E-state index in [1.165, 1.54) is 0 Å². The second-order valence-corrected chi connectivity index (χ2v) is 7.46. The minimum absolute atomic E-state index is 0.227. The van der Waals surface area contributed by atoms with E-state index in [-0.39, 0.29) is 12.5 Å². The number of carbonyl (C=O) groups excluding carboxylic acids is 3. The van der Waals surface area contributed by atoms with Crippen LogP contribution in [0.5, 0.6) is 11.5 Å². The van der Waals surface area contributed by atoms with Crippen molar-refractivity contribution in [3.05, 3.63) is 48.0 Å². The summed E-state index contributed by atoms with van der Waals surface area (Å²) in [4.78, 5) is 36.5. The molecule has 0 aliphatic rings. The Labute approximate surface area is 193 Å². The van der Waals surface area contributed by atoms with Crippen LogP contribution in [0.4, 0.5) is 16.2 Å². The van der Waals surface area contributed by atoms with Crippen molar-refractivity contribution in [1.29, 1.82) is 0 Å². The lowest BCUT2D eigenvalue weighted by atomic mass is 10.2. The minimum Gasteiger partial charge on any atom is -0.490 e. The molecule has 2 aromatic carbocycles. The zero-order valence-corrected chi connectivity index (χ0v) is 19.4. The average Bonchev–Trinajstić information content (AvgIpc) is 2.78. The van der Waals surface area contributed by atoms with Crippen molar-refractivity contribution in [2.75, 3.05) is 37.0 Å². The molecule has 2 rings (SSSR count). The molecule has 0 unspecified atom stereocenters. The zero-order chi connectivity index (χ0) is 24.2. The Kier molecular flexibility index (Phi) is 10.0. The molecule has 33 heavy (non-hydrogen) atoms. The van der Waals surface area contributed by atoms with Crippen molar-refractivity contribution in [2.45, 2.75) is 27.7 Å². The van der Waals surface area contributed by atoms with Gasteiger partial charge in [0.1, 0.15) is 0 Å². The summed E-state index contributed by atoms with van der Waals surface area (Å²) in [7, 11) is 0. The van der Waals surface area contributed by atoms with Gasteiger partial charge in [-0.2, -0.15) is 0 Å². The number of amides is 3. The second kappa shape index (κ2) is 12.9. The molecule has 0 aliphatic heterocycles. The summed E-state index contributed by atoms with van der Waals surface area (Å²) in [5, 5.41) is 7.86. The molecule has 0 saturated heterocycles. The van der Waals surface area contributed by atoms with Gasteiger partial charge in [0.2, 0.25) is 5.91 Å². The molecule has 0 radical (unpaired) electrons. The van der Waals surface area contributed by atoms with Crippen LogP contribution >= 0.6 is 0 Å². The lowest BCUT2D eigenvalue weighted by Crippen LogP contribution is -2.32. The Morgan fingerprint density at radius 2 is 1.55 bits per heavy atom. The molecule has 0 spiro atoms. The summed E-state index contributed by atoms with van der Waals surface area (Å²) in [5.41, 5.74) is 1.29. The van der Waals surface area contributed by atoms with Crippen LogP contribution in [0.25, 0.3) is 0 Å². The van der Waals surface area contributed by atoms with E-state index >= 15 is 0 Å². The van der Waals surface area contributed by atoms with Crippen LogP contribution in [-0.4, -0.2) is 44.3 Å². The predicted molar refractivity (Wildman–Crippen MR) is 126 cm³/mol. The Morgan fingerprint density at radius 1 is 0.879 bits per heavy atom. The van der Waals surface area contributed by atoms with Crippen LogP contribution in [0.2, 0.25) is 0 Å². The van der Waals surface area contributed by atoms with Gasteiger partial charge in [-0.3, -0.25) is 14.9 Å². The third-order valence-corrected chi connectivity index (χ3v) is 4.16. The number of hydrogen-bond acceptors (Lipinski definition) is 6. The maximum Gasteiger partial charge on any atom is 0.411 e. The van der Waals surface area contributed by atoms with Gasteiger partial charge < -0.3 is 24.8 Å². The van der Waals surface area contributed by atoms with Crippen LogP contribution in [-0.2, 0) is 9.53 Å². The highest BCUT2D eigenvalue weighted by molar-refractivity contribution is 6.00. The van der Waals surface area contributed by atoms with E-state index < -0.39 is 17.9 Å². The third kappa shape index (κ3) is 8.72. The standard InChI is InChI=1S/C24H31N3O6/c1-5-31-20-11-10-17(12-21(20)32-6-2)23(29)25-14-22(28)26-18-8-7-9-19(13-18)27-24(30)33-15-16(3)4/h7-13,16H,5-6,14-15H2,1-4H3,(H,25,29)(H,26,28)(H,27,30). The molecular weight excluding hydrogens is 426 g/mol. The van der Waals surface area contributed by atoms with Gasteiger partial charge in [0, 0.05) is 16.9 Å². The van der Waals surface area contributed by atoms with Crippen LogP contribution in [0.1, 0.15) is 38.1 Å². The topological polar surface area (TPSA) is 115 Å². The number of carbonyl (C=O) groups is 3. The number of nitrogens with one attached hydrogen (secondary N) is 3. The van der Waals surface area contributed by atoms with Crippen LogP contribution in [0.15, 0.2) is 42.5 Å². The lowest BCUT2D eigenvalue weighted by Gasteiger charge is -2.13. The van der Waals surface area contributed by atoms with Crippen molar-refractivity contribution in [2.24, 2.45) is 5.92 Å². The molecule has 3 N–H and O–H groups in total. The highest BCUT2D eigenvalue weighted by atomic mass is 16.5. The molecule has 2 aromatic rings. The first-order valence-electron chi connectivity index (χ1n) is 10.8. The van der Waals surface area contributed by atoms with Crippen molar-refractivity contribution in [3.63, 3.8) is 0 Å². The number of anilines is 2. The fourth-order valence-electron chi connectivity index (χ4n) is 2.73. The normalized spacial score (nSPS) is 10.3. The highest BCUT2D eigenvalue weighted by Gasteiger charge is 2.13. The molecule has 0 aromatic heterocycles. The molecule has 0 saturated carbocycles. The van der Waals surface area contributed by atoms with Crippen molar-refractivity contribution in [1.82, 2.24) is 5.32 Å². The van der Waals surface area contributed by atoms with E-state index in [4.69, 9.17) is 14.2 Å². The fourth-order valence-corrected chi connectivity index (χ4v) is 2.73. The average molecular weight is 458 g/mol. The second-order valence-electron chi connectivity index (χ2n) is 7.46. The van der Waals surface area contributed by atoms with Gasteiger partial charge in [-0.05, 0) is 56.2 Å². The first kappa shape index (κ1) is 25.5. The van der Waals surface area contributed by atoms with E-state index in [2.05, 4.69) is 16.0 Å². The molecule has 0 heterocycles. The van der Waals surface area contributed by atoms with Gasteiger partial charge in [-0.25, -0.2) is 4.79 Å². The van der Waals surface area contributed by atoms with Crippen LogP contribution in [0, 0.1) is 5.92 Å². The van der Waals surface area contributed by atoms with Crippen molar-refractivity contribution < 1.29 is 28.6 Å². The molecule has 0 aliphatic carbocycles. The first-order valence-corrected chi connectivity index (χ1v) is 10.8. The maximum atomic E-state index is 12.5. The molecule has 9 nitrogen and oxygen atoms in total. The first-order chi connectivity index (χ1) is 15.8. The van der Waals surface area contributed by atoms with Gasteiger partial charge >= 0.3 is 6.09 Å². The maximum absolute atomic E-state index is 12.5. The lowest BCUT2D eigenvalue weighted by molar-refractivity contribution is -0.115. The summed E-state index contributed by atoms with van der Waals surface area (Å²) in [6, 6.07) is 11.5.